The molecule has 362 valence electrons. The van der Waals surface area contributed by atoms with Crippen molar-refractivity contribution in [2.75, 3.05) is 91.8 Å². The van der Waals surface area contributed by atoms with E-state index in [0.717, 1.165) is 97.2 Å². The first-order valence-corrected chi connectivity index (χ1v) is 23.5. The molecule has 0 atom stereocenters. The number of ether oxygens (including phenoxy) is 3. The molecule has 0 unspecified atom stereocenters. The van der Waals surface area contributed by atoms with E-state index in [4.69, 9.17) is 14.2 Å². The molecule has 0 radical (unpaired) electrons. The lowest BCUT2D eigenvalue weighted by atomic mass is 9.64. The molecule has 0 aromatic rings. The zero-order valence-electron chi connectivity index (χ0n) is 38.1. The van der Waals surface area contributed by atoms with E-state index in [0.29, 0.717) is 81.8 Å². The van der Waals surface area contributed by atoms with Crippen LogP contribution in [0.2, 0.25) is 0 Å². The summed E-state index contributed by atoms with van der Waals surface area (Å²) in [4.78, 5) is 58.0. The van der Waals surface area contributed by atoms with Gasteiger partial charge in [0.2, 0.25) is 0 Å². The van der Waals surface area contributed by atoms with Crippen LogP contribution in [-0.4, -0.2) is 181 Å². The molecule has 0 aromatic heterocycles. The van der Waals surface area contributed by atoms with Gasteiger partial charge in [0, 0.05) is 88.5 Å². The van der Waals surface area contributed by atoms with Crippen molar-refractivity contribution in [3.05, 3.63) is 0 Å². The Morgan fingerprint density at radius 2 is 1.02 bits per heavy atom. The van der Waals surface area contributed by atoms with Crippen molar-refractivity contribution in [3.63, 3.8) is 0 Å². The maximum absolute atomic E-state index is 13.7. The lowest BCUT2D eigenvalue weighted by molar-refractivity contribution is -0.131. The molecular formula is C46H78F4N6O7. The van der Waals surface area contributed by atoms with Crippen molar-refractivity contribution < 1.29 is 51.0 Å². The molecule has 8 fully saturated rings. The van der Waals surface area contributed by atoms with Gasteiger partial charge in [0.05, 0.1) is 26.3 Å². The van der Waals surface area contributed by atoms with Crippen molar-refractivity contribution >= 4 is 24.1 Å². The second-order valence-electron chi connectivity index (χ2n) is 20.5. The summed E-state index contributed by atoms with van der Waals surface area (Å²) in [6, 6.07) is 1.10. The van der Waals surface area contributed by atoms with Crippen molar-refractivity contribution in [1.29, 1.82) is 0 Å². The van der Waals surface area contributed by atoms with Crippen LogP contribution in [0, 0.1) is 10.8 Å². The molecule has 63 heavy (non-hydrogen) atoms. The van der Waals surface area contributed by atoms with Crippen LogP contribution in [0.1, 0.15) is 132 Å². The summed E-state index contributed by atoms with van der Waals surface area (Å²) in [5.41, 5.74) is -0.0874. The highest BCUT2D eigenvalue weighted by molar-refractivity contribution is 5.86. The van der Waals surface area contributed by atoms with Gasteiger partial charge in [-0.1, -0.05) is 7.43 Å². The number of carbonyl (C=O) groups excluding carboxylic acids is 4. The summed E-state index contributed by atoms with van der Waals surface area (Å²) in [5, 5.41) is 0. The van der Waals surface area contributed by atoms with Gasteiger partial charge in [-0.25, -0.2) is 31.9 Å². The molecule has 2 aliphatic carbocycles. The largest absolute Gasteiger partial charge is 0.450 e. The molecule has 6 saturated heterocycles. The molecule has 8 aliphatic rings. The van der Waals surface area contributed by atoms with E-state index in [1.54, 1.807) is 16.7 Å². The molecule has 0 N–H and O–H groups in total. The van der Waals surface area contributed by atoms with Gasteiger partial charge >= 0.3 is 18.3 Å². The van der Waals surface area contributed by atoms with Crippen LogP contribution in [0.25, 0.3) is 0 Å². The molecule has 13 nitrogen and oxygen atoms in total. The average Bonchev–Trinajstić information content (AvgIpc) is 3.84. The summed E-state index contributed by atoms with van der Waals surface area (Å²) in [7, 11) is 0. The van der Waals surface area contributed by atoms with Crippen molar-refractivity contribution in [2.24, 2.45) is 10.8 Å². The molecule has 2 saturated carbocycles. The third-order valence-corrected chi connectivity index (χ3v) is 14.4. The number of likely N-dealkylation sites (tertiary alicyclic amines) is 6. The standard InChI is InChI=1S/C20H33F2N3O2.C15H26F2N2O2.C10H15NO3.CH4/c1-2-27-18(26)25-11-7-19(14-25)12-17(13-19)23-9-4-16(5-10-23)24-8-3-6-20(21,22)15-24;1-14(2,3)21-13(20)18-9-5-12(6-10-18)19-8-4-7-15(16,17)11-19;1-2-14-9(13)11-4-3-10(7-11)5-8(12)6-10;/h16-17H,2-15H2,1H3;12H,4-11H2,1-3H3;2-7H2,1H3;1H4. The Bertz CT molecular complexity index is 1540. The molecule has 8 rings (SSSR count). The summed E-state index contributed by atoms with van der Waals surface area (Å²) in [6.07, 6.45) is 9.71. The van der Waals surface area contributed by atoms with Crippen LogP contribution in [-0.2, 0) is 19.0 Å². The van der Waals surface area contributed by atoms with E-state index < -0.39 is 17.4 Å². The monoisotopic (exact) mass is 903 g/mol. The third kappa shape index (κ3) is 13.8. The van der Waals surface area contributed by atoms with Gasteiger partial charge in [0.15, 0.2) is 0 Å². The highest BCUT2D eigenvalue weighted by Crippen LogP contribution is 2.51. The Kier molecular flexibility index (Phi) is 17.1. The van der Waals surface area contributed by atoms with E-state index in [2.05, 4.69) is 4.90 Å². The smallest absolute Gasteiger partial charge is 0.410 e. The summed E-state index contributed by atoms with van der Waals surface area (Å²) in [6.45, 7) is 17.7. The predicted molar refractivity (Wildman–Crippen MR) is 232 cm³/mol. The average molecular weight is 903 g/mol. The minimum absolute atomic E-state index is 0. The van der Waals surface area contributed by atoms with E-state index in [1.807, 2.05) is 42.4 Å². The first kappa shape index (κ1) is 51.1. The number of Topliss-reactive ketones (excluding diaryl/α,β-unsaturated/α-hetero) is 1. The van der Waals surface area contributed by atoms with Crippen molar-refractivity contribution in [1.82, 2.24) is 29.4 Å². The van der Waals surface area contributed by atoms with Crippen LogP contribution in [0.3, 0.4) is 0 Å². The van der Waals surface area contributed by atoms with Crippen molar-refractivity contribution in [3.8, 4) is 0 Å². The Labute approximate surface area is 373 Å². The number of alkyl halides is 4. The lowest BCUT2D eigenvalue weighted by Crippen LogP contribution is -2.57. The van der Waals surface area contributed by atoms with Gasteiger partial charge in [0.25, 0.3) is 11.8 Å². The molecule has 0 aromatic carbocycles. The zero-order valence-corrected chi connectivity index (χ0v) is 38.1. The summed E-state index contributed by atoms with van der Waals surface area (Å²) < 4.78 is 69.7. The lowest BCUT2D eigenvalue weighted by Gasteiger charge is -2.52. The third-order valence-electron chi connectivity index (χ3n) is 14.4. The molecule has 3 amide bonds. The molecule has 17 heteroatoms. The topological polar surface area (TPSA) is 115 Å². The second-order valence-corrected chi connectivity index (χ2v) is 20.5. The quantitative estimate of drug-likeness (QED) is 0.198. The van der Waals surface area contributed by atoms with Gasteiger partial charge in [-0.15, -0.1) is 0 Å². The Balaban J connectivity index is 0.000000186. The highest BCUT2D eigenvalue weighted by Gasteiger charge is 2.52. The number of hydrogen-bond donors (Lipinski definition) is 0. The van der Waals surface area contributed by atoms with Crippen LogP contribution in [0.4, 0.5) is 31.9 Å². The van der Waals surface area contributed by atoms with Crippen molar-refractivity contribution in [2.45, 2.75) is 168 Å². The molecule has 0 bridgehead atoms. The minimum atomic E-state index is -2.56. The van der Waals surface area contributed by atoms with Crippen LogP contribution >= 0.6 is 0 Å². The molecule has 2 spiro atoms. The SMILES string of the molecule is C.CC(C)(C)OC(=O)N1CCC(N2CCCC(F)(F)C2)CC1.CCOC(=O)N1CCC2(CC(=O)C2)C1.CCOC(=O)N1CCC2(CC(N3CCC(N4CCCC(F)(F)C4)CC3)C2)C1. The molecule has 6 aliphatic heterocycles. The maximum Gasteiger partial charge on any atom is 0.410 e. The van der Waals surface area contributed by atoms with E-state index in [1.165, 1.54) is 0 Å². The van der Waals surface area contributed by atoms with E-state index >= 15 is 0 Å². The number of rotatable bonds is 5. The highest BCUT2D eigenvalue weighted by atomic mass is 19.3. The first-order valence-electron chi connectivity index (χ1n) is 23.5. The van der Waals surface area contributed by atoms with Gasteiger partial charge in [-0.05, 0) is 130 Å². The number of hydrogen-bond acceptors (Lipinski definition) is 10. The fourth-order valence-corrected chi connectivity index (χ4v) is 11.2. The number of carbonyl (C=O) groups is 4. The fraction of sp³-hybridized carbons (Fsp3) is 0.913. The minimum Gasteiger partial charge on any atom is -0.450 e. The van der Waals surface area contributed by atoms with E-state index in [9.17, 15) is 36.7 Å². The zero-order chi connectivity index (χ0) is 44.9. The van der Waals surface area contributed by atoms with Crippen LogP contribution < -0.4 is 0 Å². The van der Waals surface area contributed by atoms with Gasteiger partial charge in [0.1, 0.15) is 11.4 Å². The maximum atomic E-state index is 13.7. The summed E-state index contributed by atoms with van der Waals surface area (Å²) in [5.74, 6) is -4.72. The number of nitrogens with zero attached hydrogens (tertiary/aromatic N) is 6. The number of halogens is 4. The van der Waals surface area contributed by atoms with Gasteiger partial charge < -0.3 is 33.8 Å². The van der Waals surface area contributed by atoms with Crippen LogP contribution in [0.15, 0.2) is 0 Å². The Morgan fingerprint density at radius 3 is 1.44 bits per heavy atom. The fourth-order valence-electron chi connectivity index (χ4n) is 11.2. The van der Waals surface area contributed by atoms with Gasteiger partial charge in [-0.2, -0.15) is 0 Å². The second kappa shape index (κ2) is 21.1. The predicted octanol–water partition coefficient (Wildman–Crippen LogP) is 8.14. The number of piperidine rings is 4. The van der Waals surface area contributed by atoms with E-state index in [-0.39, 0.29) is 63.1 Å². The van der Waals surface area contributed by atoms with Crippen LogP contribution in [0.5, 0.6) is 0 Å². The first-order chi connectivity index (χ1) is 29.2. The number of ketones is 1. The van der Waals surface area contributed by atoms with Gasteiger partial charge in [-0.3, -0.25) is 14.6 Å². The summed E-state index contributed by atoms with van der Waals surface area (Å²) >= 11 is 0. The molecule has 6 heterocycles. The Hall–Kier alpha value is -2.92. The number of amides is 3. The molecular weight excluding hydrogens is 825 g/mol. The normalized spacial score (nSPS) is 28.7. The Morgan fingerprint density at radius 1 is 0.571 bits per heavy atom.